The van der Waals surface area contributed by atoms with Crippen molar-refractivity contribution in [3.63, 3.8) is 0 Å². The first-order valence-corrected chi connectivity index (χ1v) is 9.40. The third-order valence-corrected chi connectivity index (χ3v) is 5.06. The van der Waals surface area contributed by atoms with E-state index in [1.165, 1.54) is 6.07 Å². The fourth-order valence-electron chi connectivity index (χ4n) is 2.07. The number of sulfonamides is 1. The van der Waals surface area contributed by atoms with Crippen LogP contribution < -0.4 is 15.0 Å². The molecule has 6 nitrogen and oxygen atoms in total. The first kappa shape index (κ1) is 19.0. The van der Waals surface area contributed by atoms with Crippen LogP contribution in [0.25, 0.3) is 0 Å². The van der Waals surface area contributed by atoms with Crippen LogP contribution in [-0.2, 0) is 21.2 Å². The molecule has 2 aromatic rings. The number of carbonyl (C=O) groups excluding carboxylic acids is 1. The van der Waals surface area contributed by atoms with Crippen molar-refractivity contribution in [1.29, 1.82) is 0 Å². The van der Waals surface area contributed by atoms with Crippen molar-refractivity contribution < 1.29 is 17.9 Å². The monoisotopic (exact) mass is 362 g/mol. The normalized spacial score (nSPS) is 11.2. The molecule has 0 unspecified atom stereocenters. The zero-order valence-corrected chi connectivity index (χ0v) is 15.3. The fourth-order valence-corrected chi connectivity index (χ4v) is 3.02. The predicted octanol–water partition coefficient (Wildman–Crippen LogP) is 2.25. The van der Waals surface area contributed by atoms with Crippen molar-refractivity contribution in [3.8, 4) is 5.75 Å². The zero-order valence-electron chi connectivity index (χ0n) is 14.5. The molecule has 0 fully saturated rings. The average Bonchev–Trinajstić information content (AvgIpc) is 2.61. The maximum absolute atomic E-state index is 12.2. The fraction of sp³-hybridized carbons (Fsp3) is 0.278. The largest absolute Gasteiger partial charge is 0.484 e. The molecule has 2 N–H and O–H groups in total. The molecule has 0 bridgehead atoms. The van der Waals surface area contributed by atoms with Gasteiger partial charge in [-0.25, -0.2) is 8.42 Å². The number of carbonyl (C=O) groups is 1. The molecular formula is C18H22N2O4S. The van der Waals surface area contributed by atoms with Gasteiger partial charge in [0.05, 0.1) is 4.90 Å². The molecule has 25 heavy (non-hydrogen) atoms. The van der Waals surface area contributed by atoms with E-state index in [0.29, 0.717) is 5.75 Å². The Hall–Kier alpha value is -2.38. The Morgan fingerprint density at radius 3 is 2.32 bits per heavy atom. The Kier molecular flexibility index (Phi) is 6.17. The van der Waals surface area contributed by atoms with E-state index in [9.17, 15) is 13.2 Å². The van der Waals surface area contributed by atoms with Crippen molar-refractivity contribution in [3.05, 3.63) is 59.2 Å². The van der Waals surface area contributed by atoms with Crippen LogP contribution in [0.15, 0.2) is 47.4 Å². The summed E-state index contributed by atoms with van der Waals surface area (Å²) in [5.41, 5.74) is 5.16. The second kappa shape index (κ2) is 8.13. The molecule has 0 aliphatic carbocycles. The first-order valence-electron chi connectivity index (χ1n) is 7.91. The first-order chi connectivity index (χ1) is 11.8. The van der Waals surface area contributed by atoms with Gasteiger partial charge in [0.15, 0.2) is 6.61 Å². The highest BCUT2D eigenvalue weighted by molar-refractivity contribution is 7.89. The highest BCUT2D eigenvalue weighted by Crippen LogP contribution is 2.14. The molecule has 0 radical (unpaired) electrons. The molecule has 0 atom stereocenters. The average molecular weight is 362 g/mol. The van der Waals surface area contributed by atoms with Crippen molar-refractivity contribution in [2.45, 2.75) is 32.1 Å². The van der Waals surface area contributed by atoms with Crippen LogP contribution in [0.4, 0.5) is 0 Å². The number of hydrogen-bond donors (Lipinski definition) is 2. The lowest BCUT2D eigenvalue weighted by Gasteiger charge is -2.11. The van der Waals surface area contributed by atoms with Crippen molar-refractivity contribution >= 4 is 15.9 Å². The molecule has 0 aliphatic rings. The molecule has 0 heterocycles. The SMILES string of the molecule is CCc1ccc(OCC(=O)NNS(=O)(=O)c2ccc(C)c(C)c2)cc1. The van der Waals surface area contributed by atoms with E-state index >= 15 is 0 Å². The van der Waals surface area contributed by atoms with Crippen LogP contribution in [-0.4, -0.2) is 20.9 Å². The number of aryl methyl sites for hydroxylation is 3. The highest BCUT2D eigenvalue weighted by Gasteiger charge is 2.15. The summed E-state index contributed by atoms with van der Waals surface area (Å²) in [5.74, 6) is -0.0451. The summed E-state index contributed by atoms with van der Waals surface area (Å²) in [6.07, 6.45) is 0.918. The second-order valence-electron chi connectivity index (χ2n) is 5.69. The van der Waals surface area contributed by atoms with E-state index in [1.54, 1.807) is 24.3 Å². The number of rotatable bonds is 7. The molecule has 134 valence electrons. The summed E-state index contributed by atoms with van der Waals surface area (Å²) >= 11 is 0. The third kappa shape index (κ3) is 5.30. The van der Waals surface area contributed by atoms with Crippen molar-refractivity contribution in [2.75, 3.05) is 6.61 Å². The third-order valence-electron chi connectivity index (χ3n) is 3.82. The second-order valence-corrected chi connectivity index (χ2v) is 7.37. The summed E-state index contributed by atoms with van der Waals surface area (Å²) in [7, 11) is -3.82. The van der Waals surface area contributed by atoms with E-state index in [4.69, 9.17) is 4.74 Å². The lowest BCUT2D eigenvalue weighted by atomic mass is 10.1. The van der Waals surface area contributed by atoms with Crippen LogP contribution in [0.1, 0.15) is 23.6 Å². The minimum Gasteiger partial charge on any atom is -0.484 e. The lowest BCUT2D eigenvalue weighted by Crippen LogP contribution is -2.43. The van der Waals surface area contributed by atoms with Crippen LogP contribution in [0.3, 0.4) is 0 Å². The molecule has 2 rings (SSSR count). The van der Waals surface area contributed by atoms with Gasteiger partial charge in [-0.05, 0) is 61.2 Å². The van der Waals surface area contributed by atoms with Crippen LogP contribution in [0.2, 0.25) is 0 Å². The summed E-state index contributed by atoms with van der Waals surface area (Å²) in [5, 5.41) is 0. The lowest BCUT2D eigenvalue weighted by molar-refractivity contribution is -0.123. The highest BCUT2D eigenvalue weighted by atomic mass is 32.2. The maximum atomic E-state index is 12.2. The molecule has 0 aliphatic heterocycles. The van der Waals surface area contributed by atoms with Gasteiger partial charge in [-0.3, -0.25) is 10.2 Å². The summed E-state index contributed by atoms with van der Waals surface area (Å²) in [6.45, 7) is 5.47. The van der Waals surface area contributed by atoms with Gasteiger partial charge in [0.2, 0.25) is 0 Å². The minimum atomic E-state index is -3.82. The molecule has 0 saturated carbocycles. The number of ether oxygens (including phenoxy) is 1. The van der Waals surface area contributed by atoms with Gasteiger partial charge in [0, 0.05) is 0 Å². The quantitative estimate of drug-likeness (QED) is 0.740. The number of nitrogens with one attached hydrogen (secondary N) is 2. The number of amides is 1. The molecule has 0 saturated heterocycles. The van der Waals surface area contributed by atoms with Crippen LogP contribution >= 0.6 is 0 Å². The van der Waals surface area contributed by atoms with Crippen molar-refractivity contribution in [2.24, 2.45) is 0 Å². The summed E-state index contributed by atoms with van der Waals surface area (Å²) < 4.78 is 29.7. The number of hydrogen-bond acceptors (Lipinski definition) is 4. The van der Waals surface area contributed by atoms with E-state index in [-0.39, 0.29) is 11.5 Å². The van der Waals surface area contributed by atoms with Gasteiger partial charge in [-0.15, -0.1) is 4.83 Å². The van der Waals surface area contributed by atoms with Gasteiger partial charge in [0.1, 0.15) is 5.75 Å². The van der Waals surface area contributed by atoms with E-state index in [1.807, 2.05) is 32.9 Å². The van der Waals surface area contributed by atoms with Gasteiger partial charge in [-0.1, -0.05) is 25.1 Å². The van der Waals surface area contributed by atoms with Gasteiger partial charge in [0.25, 0.3) is 15.9 Å². The predicted molar refractivity (Wildman–Crippen MR) is 95.7 cm³/mol. The minimum absolute atomic E-state index is 0.0898. The maximum Gasteiger partial charge on any atom is 0.272 e. The van der Waals surface area contributed by atoms with Gasteiger partial charge >= 0.3 is 0 Å². The molecular weight excluding hydrogens is 340 g/mol. The Morgan fingerprint density at radius 2 is 1.72 bits per heavy atom. The van der Waals surface area contributed by atoms with E-state index in [0.717, 1.165) is 23.1 Å². The molecule has 7 heteroatoms. The van der Waals surface area contributed by atoms with Gasteiger partial charge in [-0.2, -0.15) is 0 Å². The topological polar surface area (TPSA) is 84.5 Å². The Balaban J connectivity index is 1.88. The Bertz CT molecular complexity index is 846. The van der Waals surface area contributed by atoms with Crippen molar-refractivity contribution in [1.82, 2.24) is 10.3 Å². The summed E-state index contributed by atoms with van der Waals surface area (Å²) in [6, 6.07) is 12.1. The van der Waals surface area contributed by atoms with E-state index < -0.39 is 15.9 Å². The Morgan fingerprint density at radius 1 is 1.04 bits per heavy atom. The molecule has 1 amide bonds. The van der Waals surface area contributed by atoms with Gasteiger partial charge < -0.3 is 4.74 Å². The number of hydrazine groups is 1. The standard InChI is InChI=1S/C18H22N2O4S/c1-4-15-6-8-16(9-7-15)24-12-18(21)19-20-25(22,23)17-10-5-13(2)14(3)11-17/h5-11,20H,4,12H2,1-3H3,(H,19,21). The molecule has 2 aromatic carbocycles. The van der Waals surface area contributed by atoms with E-state index in [2.05, 4.69) is 10.3 Å². The van der Waals surface area contributed by atoms with Crippen LogP contribution in [0.5, 0.6) is 5.75 Å². The smallest absolute Gasteiger partial charge is 0.272 e. The molecule has 0 spiro atoms. The number of benzene rings is 2. The van der Waals surface area contributed by atoms with Crippen LogP contribution in [0, 0.1) is 13.8 Å². The summed E-state index contributed by atoms with van der Waals surface area (Å²) in [4.78, 5) is 13.9. The Labute approximate surface area is 148 Å². The zero-order chi connectivity index (χ0) is 18.4. The molecule has 0 aromatic heterocycles.